The average molecular weight is 519 g/mol. The highest BCUT2D eigenvalue weighted by Crippen LogP contribution is 2.41. The van der Waals surface area contributed by atoms with E-state index in [4.69, 9.17) is 21.1 Å². The van der Waals surface area contributed by atoms with E-state index in [1.54, 1.807) is 41.6 Å². The van der Waals surface area contributed by atoms with E-state index in [2.05, 4.69) is 15.0 Å². The van der Waals surface area contributed by atoms with Crippen LogP contribution < -0.4 is 9.47 Å². The molecule has 4 heterocycles. The minimum absolute atomic E-state index is 0.0784. The fourth-order valence-corrected chi connectivity index (χ4v) is 5.20. The van der Waals surface area contributed by atoms with Crippen molar-refractivity contribution in [1.82, 2.24) is 19.9 Å². The summed E-state index contributed by atoms with van der Waals surface area (Å²) in [6, 6.07) is 7.44. The summed E-state index contributed by atoms with van der Waals surface area (Å²) >= 11 is 6.08. The van der Waals surface area contributed by atoms with E-state index in [-0.39, 0.29) is 28.8 Å². The molecule has 2 aromatic heterocycles. The van der Waals surface area contributed by atoms with Gasteiger partial charge in [0.2, 0.25) is 5.88 Å². The predicted octanol–water partition coefficient (Wildman–Crippen LogP) is 5.29. The Bertz CT molecular complexity index is 1280. The van der Waals surface area contributed by atoms with E-state index in [9.17, 15) is 18.0 Å². The number of amides is 1. The van der Waals surface area contributed by atoms with Gasteiger partial charge in [-0.3, -0.25) is 4.79 Å². The highest BCUT2D eigenvalue weighted by atomic mass is 35.5. The molecular formula is C25H22ClF3N4O3. The van der Waals surface area contributed by atoms with Gasteiger partial charge in [-0.15, -0.1) is 0 Å². The molecule has 2 bridgehead atoms. The van der Waals surface area contributed by atoms with Crippen molar-refractivity contribution in [3.05, 3.63) is 65.1 Å². The maximum atomic E-state index is 14.0. The lowest BCUT2D eigenvalue weighted by Gasteiger charge is -2.49. The second-order valence-electron chi connectivity index (χ2n) is 8.82. The van der Waals surface area contributed by atoms with Crippen LogP contribution in [0.1, 0.15) is 35.2 Å². The number of ether oxygens (including phenoxy) is 2. The second kappa shape index (κ2) is 9.57. The van der Waals surface area contributed by atoms with Crippen LogP contribution in [0.5, 0.6) is 11.6 Å². The molecule has 1 aliphatic carbocycles. The number of methoxy groups -OCH3 is 1. The van der Waals surface area contributed by atoms with Crippen LogP contribution in [0.4, 0.5) is 13.2 Å². The number of pyridine rings is 1. The molecule has 0 radical (unpaired) electrons. The zero-order valence-corrected chi connectivity index (χ0v) is 20.0. The molecule has 2 saturated heterocycles. The van der Waals surface area contributed by atoms with Gasteiger partial charge in [-0.1, -0.05) is 23.7 Å². The largest absolute Gasteiger partial charge is 0.496 e. The number of hydrogen-bond donors (Lipinski definition) is 0. The fourth-order valence-electron chi connectivity index (χ4n) is 4.99. The minimum Gasteiger partial charge on any atom is -0.496 e. The molecule has 3 aromatic rings. The molecule has 0 spiro atoms. The van der Waals surface area contributed by atoms with Crippen molar-refractivity contribution in [2.45, 2.75) is 37.6 Å². The van der Waals surface area contributed by atoms with E-state index < -0.39 is 17.8 Å². The third kappa shape index (κ3) is 4.57. The lowest BCUT2D eigenvalue weighted by molar-refractivity contribution is -0.137. The number of halogens is 4. The summed E-state index contributed by atoms with van der Waals surface area (Å²) in [7, 11) is 1.49. The van der Waals surface area contributed by atoms with Gasteiger partial charge in [-0.05, 0) is 43.4 Å². The topological polar surface area (TPSA) is 77.4 Å². The highest BCUT2D eigenvalue weighted by Gasteiger charge is 2.45. The van der Waals surface area contributed by atoms with Crippen LogP contribution >= 0.6 is 11.6 Å². The molecule has 3 aliphatic rings. The summed E-state index contributed by atoms with van der Waals surface area (Å²) < 4.78 is 50.5. The lowest BCUT2D eigenvalue weighted by Crippen LogP contribution is -2.59. The number of fused-ring (bicyclic) bond motifs is 3. The molecule has 1 aromatic carbocycles. The van der Waals surface area contributed by atoms with Crippen molar-refractivity contribution < 1.29 is 27.4 Å². The molecule has 0 unspecified atom stereocenters. The third-order valence-corrected chi connectivity index (χ3v) is 6.92. The zero-order valence-electron chi connectivity index (χ0n) is 19.2. The van der Waals surface area contributed by atoms with Crippen molar-refractivity contribution in [2.24, 2.45) is 5.92 Å². The highest BCUT2D eigenvalue weighted by molar-refractivity contribution is 6.31. The number of benzene rings is 1. The van der Waals surface area contributed by atoms with Gasteiger partial charge in [0.05, 0.1) is 24.3 Å². The molecular weight excluding hydrogens is 497 g/mol. The van der Waals surface area contributed by atoms with E-state index >= 15 is 0 Å². The maximum absolute atomic E-state index is 14.0. The molecule has 36 heavy (non-hydrogen) atoms. The Morgan fingerprint density at radius 3 is 2.58 bits per heavy atom. The standard InChI is InChI=1S/C25H22ClF3N4O3/c1-35-19-5-2-4-16(22-30-8-3-9-31-22)21(19)24(34)33-13-14-6-7-18(33)20(10-14)36-23-17(26)11-15(12-32-23)25(27,28)29/h2-5,8-9,11-12,14,18,20H,6-7,10,13H2,1H3/t14-,18+,20-/m1/s1. The second-order valence-corrected chi connectivity index (χ2v) is 9.23. The quantitative estimate of drug-likeness (QED) is 0.456. The molecule has 3 atom stereocenters. The monoisotopic (exact) mass is 518 g/mol. The van der Waals surface area contributed by atoms with Crippen LogP contribution in [0.25, 0.3) is 11.4 Å². The van der Waals surface area contributed by atoms with Crippen LogP contribution in [-0.2, 0) is 6.18 Å². The number of hydrogen-bond acceptors (Lipinski definition) is 6. The number of aromatic nitrogens is 3. The summed E-state index contributed by atoms with van der Waals surface area (Å²) in [5.41, 5.74) is -0.0526. The zero-order chi connectivity index (χ0) is 25.4. The first-order valence-electron chi connectivity index (χ1n) is 11.4. The van der Waals surface area contributed by atoms with E-state index in [0.717, 1.165) is 12.5 Å². The number of piperidine rings is 2. The lowest BCUT2D eigenvalue weighted by atomic mass is 9.77. The predicted molar refractivity (Wildman–Crippen MR) is 125 cm³/mol. The van der Waals surface area contributed by atoms with Crippen LogP contribution in [0.2, 0.25) is 5.02 Å². The van der Waals surface area contributed by atoms with Crippen LogP contribution in [0.15, 0.2) is 48.9 Å². The Morgan fingerprint density at radius 2 is 1.92 bits per heavy atom. The van der Waals surface area contributed by atoms with Crippen molar-refractivity contribution >= 4 is 17.5 Å². The molecule has 2 aliphatic heterocycles. The molecule has 0 N–H and O–H groups in total. The SMILES string of the molecule is COc1cccc(-c2ncccn2)c1C(=O)N1C[C@@H]2CC[C@H]1[C@H](Oc1ncc(C(F)(F)F)cc1Cl)C2. The van der Waals surface area contributed by atoms with Gasteiger partial charge in [-0.2, -0.15) is 13.2 Å². The molecule has 1 saturated carbocycles. The Kier molecular flexibility index (Phi) is 6.46. The summed E-state index contributed by atoms with van der Waals surface area (Å²) in [4.78, 5) is 28.1. The third-order valence-electron chi connectivity index (χ3n) is 6.65. The van der Waals surface area contributed by atoms with Gasteiger partial charge >= 0.3 is 6.18 Å². The van der Waals surface area contributed by atoms with Gasteiger partial charge in [0.25, 0.3) is 5.91 Å². The number of rotatable bonds is 5. The summed E-state index contributed by atoms with van der Waals surface area (Å²) in [6.45, 7) is 0.532. The van der Waals surface area contributed by atoms with Gasteiger partial charge < -0.3 is 14.4 Å². The molecule has 1 amide bonds. The van der Waals surface area contributed by atoms with Crippen LogP contribution in [0, 0.1) is 5.92 Å². The van der Waals surface area contributed by atoms with Gasteiger partial charge in [0.1, 0.15) is 16.9 Å². The first-order valence-corrected chi connectivity index (χ1v) is 11.8. The number of carbonyl (C=O) groups is 1. The van der Waals surface area contributed by atoms with Gasteiger partial charge in [0.15, 0.2) is 5.82 Å². The van der Waals surface area contributed by atoms with Crippen LogP contribution in [0.3, 0.4) is 0 Å². The summed E-state index contributed by atoms with van der Waals surface area (Å²) in [5.74, 6) is 0.643. The molecule has 11 heteroatoms. The smallest absolute Gasteiger partial charge is 0.417 e. The Labute approximate surface area is 210 Å². The Morgan fingerprint density at radius 1 is 1.14 bits per heavy atom. The number of nitrogens with zero attached hydrogens (tertiary/aromatic N) is 4. The van der Waals surface area contributed by atoms with Crippen molar-refractivity contribution in [3.63, 3.8) is 0 Å². The van der Waals surface area contributed by atoms with Crippen molar-refractivity contribution in [1.29, 1.82) is 0 Å². The normalized spacial score (nSPS) is 21.4. The summed E-state index contributed by atoms with van der Waals surface area (Å²) in [5, 5.41) is -0.225. The minimum atomic E-state index is -4.56. The van der Waals surface area contributed by atoms with E-state index in [1.165, 1.54) is 7.11 Å². The van der Waals surface area contributed by atoms with Gasteiger partial charge in [0, 0.05) is 30.7 Å². The Balaban J connectivity index is 1.45. The first-order chi connectivity index (χ1) is 17.3. The first kappa shape index (κ1) is 24.3. The Hall–Kier alpha value is -3.40. The average Bonchev–Trinajstić information content (AvgIpc) is 2.89. The van der Waals surface area contributed by atoms with Crippen molar-refractivity contribution in [2.75, 3.05) is 13.7 Å². The van der Waals surface area contributed by atoms with E-state index in [1.807, 2.05) is 0 Å². The van der Waals surface area contributed by atoms with E-state index in [0.29, 0.717) is 48.3 Å². The fraction of sp³-hybridized carbons (Fsp3) is 0.360. The van der Waals surface area contributed by atoms with Gasteiger partial charge in [-0.25, -0.2) is 15.0 Å². The molecule has 188 valence electrons. The number of alkyl halides is 3. The molecule has 7 nitrogen and oxygen atoms in total. The summed E-state index contributed by atoms with van der Waals surface area (Å²) in [6.07, 6.45) is 1.13. The molecule has 6 rings (SSSR count). The van der Waals surface area contributed by atoms with Crippen LogP contribution in [-0.4, -0.2) is 51.6 Å². The number of carbonyl (C=O) groups excluding carboxylic acids is 1. The maximum Gasteiger partial charge on any atom is 0.417 e. The van der Waals surface area contributed by atoms with Crippen molar-refractivity contribution in [3.8, 4) is 23.0 Å². The molecule has 3 fully saturated rings.